The topological polar surface area (TPSA) is 96.2 Å². The molecule has 0 bridgehead atoms. The van der Waals surface area contributed by atoms with Crippen LogP contribution in [0.25, 0.3) is 11.0 Å². The number of carbonyl (C=O) groups excluding carboxylic acids is 1. The van der Waals surface area contributed by atoms with Gasteiger partial charge in [0.15, 0.2) is 17.9 Å². The minimum Gasteiger partial charge on any atom is -0.491 e. The predicted molar refractivity (Wildman–Crippen MR) is 107 cm³/mol. The second kappa shape index (κ2) is 10.6. The Morgan fingerprint density at radius 3 is 2.69 bits per heavy atom. The van der Waals surface area contributed by atoms with E-state index in [-0.39, 0.29) is 26.4 Å². The van der Waals surface area contributed by atoms with Gasteiger partial charge in [0.1, 0.15) is 12.4 Å². The average molecular weight is 419 g/mol. The predicted octanol–water partition coefficient (Wildman–Crippen LogP) is 2.75. The Balaban J connectivity index is 1.47. The second-order valence-corrected chi connectivity index (χ2v) is 6.79. The summed E-state index contributed by atoms with van der Waals surface area (Å²) in [4.78, 5) is 11.2. The zero-order valence-corrected chi connectivity index (χ0v) is 16.6. The van der Waals surface area contributed by atoms with Crippen LogP contribution in [0.4, 0.5) is 0 Å². The normalized spacial score (nSPS) is 11.9. The molecule has 0 spiro atoms. The van der Waals surface area contributed by atoms with Crippen molar-refractivity contribution in [2.24, 2.45) is 0 Å². The zero-order chi connectivity index (χ0) is 20.5. The number of ether oxygens (including phenoxy) is 3. The number of hydrogen-bond donors (Lipinski definition) is 1. The molecule has 0 aliphatic carbocycles. The number of carbonyl (C=O) groups is 1. The van der Waals surface area contributed by atoms with Crippen LogP contribution in [0.3, 0.4) is 0 Å². The molecule has 29 heavy (non-hydrogen) atoms. The van der Waals surface area contributed by atoms with E-state index < -0.39 is 17.2 Å². The lowest BCUT2D eigenvalue weighted by atomic mass is 10.2. The van der Waals surface area contributed by atoms with Gasteiger partial charge in [-0.15, -0.1) is 0 Å². The van der Waals surface area contributed by atoms with Crippen LogP contribution in [0.15, 0.2) is 59.2 Å². The van der Waals surface area contributed by atoms with E-state index in [1.165, 1.54) is 7.11 Å². The van der Waals surface area contributed by atoms with Gasteiger partial charge in [-0.05, 0) is 18.2 Å². The van der Waals surface area contributed by atoms with Crippen molar-refractivity contribution in [3.63, 3.8) is 0 Å². The minimum atomic E-state index is -1.69. The number of methoxy groups -OCH3 is 1. The maximum Gasteiger partial charge on any atom is 0.343 e. The summed E-state index contributed by atoms with van der Waals surface area (Å²) in [5.41, 5.74) is 1.28. The summed E-state index contributed by atoms with van der Waals surface area (Å²) in [7, 11) is 1.29. The molecule has 154 valence electrons. The van der Waals surface area contributed by atoms with Gasteiger partial charge < -0.3 is 18.6 Å². The molecule has 0 radical (unpaired) electrons. The van der Waals surface area contributed by atoms with Gasteiger partial charge in [-0.25, -0.2) is 13.7 Å². The zero-order valence-electron chi connectivity index (χ0n) is 15.8. The summed E-state index contributed by atoms with van der Waals surface area (Å²) < 4.78 is 41.0. The first-order chi connectivity index (χ1) is 14.2. The summed E-state index contributed by atoms with van der Waals surface area (Å²) in [6.07, 6.45) is 1.54. The Kier molecular flexibility index (Phi) is 7.62. The fourth-order valence-electron chi connectivity index (χ4n) is 2.49. The van der Waals surface area contributed by atoms with Crippen molar-refractivity contribution >= 4 is 28.2 Å². The van der Waals surface area contributed by atoms with E-state index in [9.17, 15) is 9.00 Å². The molecular weight excluding hydrogens is 398 g/mol. The number of rotatable bonds is 11. The number of benzene rings is 2. The van der Waals surface area contributed by atoms with Gasteiger partial charge in [0.25, 0.3) is 0 Å². The number of fused-ring (bicyclic) bond motifs is 1. The molecule has 0 amide bonds. The van der Waals surface area contributed by atoms with Crippen molar-refractivity contribution in [1.82, 2.24) is 4.72 Å². The largest absolute Gasteiger partial charge is 0.491 e. The molecule has 8 nitrogen and oxygen atoms in total. The van der Waals surface area contributed by atoms with Crippen molar-refractivity contribution in [2.75, 3.05) is 26.9 Å². The van der Waals surface area contributed by atoms with Crippen LogP contribution in [-0.4, -0.2) is 37.1 Å². The van der Waals surface area contributed by atoms with Crippen molar-refractivity contribution in [3.8, 4) is 11.5 Å². The van der Waals surface area contributed by atoms with Gasteiger partial charge in [-0.2, -0.15) is 0 Å². The lowest BCUT2D eigenvalue weighted by Gasteiger charge is -2.07. The van der Waals surface area contributed by atoms with E-state index in [1.54, 1.807) is 18.4 Å². The highest BCUT2D eigenvalue weighted by Crippen LogP contribution is 2.29. The first-order valence-electron chi connectivity index (χ1n) is 8.82. The molecule has 1 N–H and O–H groups in total. The lowest BCUT2D eigenvalue weighted by molar-refractivity contribution is -0.142. The Labute approximate surface area is 170 Å². The Hall–Kier alpha value is -2.88. The van der Waals surface area contributed by atoms with Gasteiger partial charge in [-0.1, -0.05) is 30.3 Å². The molecule has 0 aliphatic heterocycles. The maximum atomic E-state index is 12.0. The molecule has 0 aliphatic rings. The van der Waals surface area contributed by atoms with Crippen LogP contribution in [0.5, 0.6) is 11.5 Å². The fraction of sp³-hybridized carbons (Fsp3) is 0.250. The molecule has 3 rings (SSSR count). The van der Waals surface area contributed by atoms with Crippen LogP contribution in [0, 0.1) is 0 Å². The summed E-state index contributed by atoms with van der Waals surface area (Å²) in [5.74, 6) is 0.666. The van der Waals surface area contributed by atoms with Gasteiger partial charge in [0, 0.05) is 17.5 Å². The van der Waals surface area contributed by atoms with Crippen LogP contribution < -0.4 is 14.2 Å². The number of hydrogen-bond acceptors (Lipinski definition) is 7. The number of para-hydroxylation sites is 2. The molecule has 0 fully saturated rings. The maximum absolute atomic E-state index is 12.0. The van der Waals surface area contributed by atoms with E-state index in [0.29, 0.717) is 11.3 Å². The number of furan rings is 1. The van der Waals surface area contributed by atoms with E-state index >= 15 is 0 Å². The van der Waals surface area contributed by atoms with Crippen LogP contribution in [0.2, 0.25) is 0 Å². The fourth-order valence-corrected chi connectivity index (χ4v) is 3.07. The van der Waals surface area contributed by atoms with E-state index in [1.807, 2.05) is 36.4 Å². The first kappa shape index (κ1) is 20.8. The van der Waals surface area contributed by atoms with Crippen LogP contribution >= 0.6 is 0 Å². The molecule has 3 aromatic rings. The molecule has 1 aromatic heterocycles. The lowest BCUT2D eigenvalue weighted by Crippen LogP contribution is -2.21. The Morgan fingerprint density at radius 1 is 1.07 bits per heavy atom. The summed E-state index contributed by atoms with van der Waals surface area (Å²) in [6.45, 7) is 0.505. The average Bonchev–Trinajstić information content (AvgIpc) is 3.18. The van der Waals surface area contributed by atoms with Crippen LogP contribution in [0.1, 0.15) is 5.56 Å². The van der Waals surface area contributed by atoms with Gasteiger partial charge in [0.2, 0.25) is 11.3 Å². The number of esters is 1. The summed E-state index contributed by atoms with van der Waals surface area (Å²) in [5, 5.41) is 0.782. The highest BCUT2D eigenvalue weighted by atomic mass is 32.2. The van der Waals surface area contributed by atoms with Crippen molar-refractivity contribution in [1.29, 1.82) is 0 Å². The second-order valence-electron chi connectivity index (χ2n) is 5.80. The van der Waals surface area contributed by atoms with E-state index in [0.717, 1.165) is 16.7 Å². The van der Waals surface area contributed by atoms with Crippen LogP contribution in [-0.2, 0) is 31.5 Å². The highest BCUT2D eigenvalue weighted by molar-refractivity contribution is 7.78. The van der Waals surface area contributed by atoms with Gasteiger partial charge in [0.05, 0.1) is 20.0 Å². The SMILES string of the molecule is COC(=O)COc1cccc2c(CNS(=O)OCCOc3ccccc3)coc12. The van der Waals surface area contributed by atoms with Crippen molar-refractivity contribution in [2.45, 2.75) is 6.54 Å². The summed E-state index contributed by atoms with van der Waals surface area (Å²) in [6, 6.07) is 14.6. The standard InChI is InChI=1S/C20H21NO7S/c1-24-19(22)14-26-18-9-5-8-17-15(13-27-20(17)18)12-21-29(23)28-11-10-25-16-6-3-2-4-7-16/h2-9,13,21H,10-12,14H2,1H3. The first-order valence-corrected chi connectivity index (χ1v) is 9.90. The molecule has 2 aromatic carbocycles. The van der Waals surface area contributed by atoms with Gasteiger partial charge in [-0.3, -0.25) is 4.18 Å². The molecule has 0 saturated heterocycles. The monoisotopic (exact) mass is 419 g/mol. The third kappa shape index (κ3) is 6.05. The van der Waals surface area contributed by atoms with Gasteiger partial charge >= 0.3 is 5.97 Å². The third-order valence-corrected chi connectivity index (χ3v) is 4.64. The van der Waals surface area contributed by atoms with Crippen molar-refractivity contribution in [3.05, 3.63) is 60.4 Å². The molecule has 9 heteroatoms. The van der Waals surface area contributed by atoms with E-state index in [4.69, 9.17) is 18.1 Å². The molecule has 1 unspecified atom stereocenters. The Morgan fingerprint density at radius 2 is 1.90 bits per heavy atom. The smallest absolute Gasteiger partial charge is 0.343 e. The van der Waals surface area contributed by atoms with Crippen molar-refractivity contribution < 1.29 is 31.8 Å². The summed E-state index contributed by atoms with van der Waals surface area (Å²) >= 11 is -1.69. The quantitative estimate of drug-likeness (QED) is 0.377. The van der Waals surface area contributed by atoms with E-state index in [2.05, 4.69) is 9.46 Å². The minimum absolute atomic E-state index is 0.173. The Bertz CT molecular complexity index is 958. The molecule has 1 heterocycles. The third-order valence-electron chi connectivity index (χ3n) is 3.88. The molecular formula is C20H21NO7S. The highest BCUT2D eigenvalue weighted by Gasteiger charge is 2.13. The molecule has 1 atom stereocenters. The number of nitrogens with one attached hydrogen (secondary N) is 1. The molecule has 0 saturated carbocycles.